The maximum Gasteiger partial charge on any atom is 0.243 e. The number of sulfonamides is 1. The van der Waals surface area contributed by atoms with Gasteiger partial charge in [0.1, 0.15) is 0 Å². The van der Waals surface area contributed by atoms with E-state index in [-0.39, 0.29) is 0 Å². The molecule has 3 rings (SSSR count). The van der Waals surface area contributed by atoms with E-state index in [1.54, 1.807) is 34.8 Å². The van der Waals surface area contributed by atoms with Crippen LogP contribution in [-0.2, 0) is 23.1 Å². The lowest BCUT2D eigenvalue weighted by Crippen LogP contribution is -2.39. The van der Waals surface area contributed by atoms with Crippen molar-refractivity contribution in [2.45, 2.75) is 51.6 Å². The van der Waals surface area contributed by atoms with Crippen LogP contribution in [0.3, 0.4) is 0 Å². The molecule has 1 aliphatic rings. The summed E-state index contributed by atoms with van der Waals surface area (Å²) in [4.78, 5) is 10.2. The largest absolute Gasteiger partial charge is 0.352 e. The Kier molecular flexibility index (Phi) is 7.49. The number of piperidine rings is 1. The predicted octanol–water partition coefficient (Wildman–Crippen LogP) is 3.05. The first kappa shape index (κ1) is 22.7. The average Bonchev–Trinajstić information content (AvgIpc) is 3.05. The van der Waals surface area contributed by atoms with Crippen molar-refractivity contribution in [1.29, 1.82) is 0 Å². The van der Waals surface area contributed by atoms with Gasteiger partial charge >= 0.3 is 0 Å². The normalized spacial score (nSPS) is 18.4. The van der Waals surface area contributed by atoms with Crippen LogP contribution in [0.1, 0.15) is 40.9 Å². The molecule has 1 aliphatic heterocycles. The molecule has 0 radical (unpaired) electrons. The van der Waals surface area contributed by atoms with Crippen LogP contribution in [-0.4, -0.2) is 43.8 Å². The number of benzene rings is 1. The van der Waals surface area contributed by atoms with E-state index < -0.39 is 10.0 Å². The van der Waals surface area contributed by atoms with Gasteiger partial charge in [-0.1, -0.05) is 19.1 Å². The van der Waals surface area contributed by atoms with Gasteiger partial charge in [-0.15, -0.1) is 11.3 Å². The Morgan fingerprint density at radius 1 is 1.23 bits per heavy atom. The van der Waals surface area contributed by atoms with Crippen LogP contribution in [0.5, 0.6) is 0 Å². The molecule has 2 N–H and O–H groups in total. The number of thiazole rings is 1. The first-order chi connectivity index (χ1) is 14.3. The van der Waals surface area contributed by atoms with Crippen molar-refractivity contribution >= 4 is 27.3 Å². The second kappa shape index (κ2) is 9.89. The van der Waals surface area contributed by atoms with E-state index in [1.165, 1.54) is 4.88 Å². The van der Waals surface area contributed by atoms with Gasteiger partial charge in [0, 0.05) is 31.6 Å². The lowest BCUT2D eigenvalue weighted by molar-refractivity contribution is 0.281. The molecule has 1 unspecified atom stereocenters. The van der Waals surface area contributed by atoms with Crippen LogP contribution in [0, 0.1) is 19.8 Å². The second-order valence-electron chi connectivity index (χ2n) is 7.78. The van der Waals surface area contributed by atoms with Crippen LogP contribution < -0.4 is 10.6 Å². The van der Waals surface area contributed by atoms with Crippen LogP contribution in [0.2, 0.25) is 0 Å². The van der Waals surface area contributed by atoms with Gasteiger partial charge in [-0.3, -0.25) is 4.99 Å². The highest BCUT2D eigenvalue weighted by Crippen LogP contribution is 2.23. The van der Waals surface area contributed by atoms with E-state index in [0.29, 0.717) is 43.0 Å². The molecule has 0 saturated carbocycles. The molecule has 2 heterocycles. The lowest BCUT2D eigenvalue weighted by atomic mass is 10.0. The summed E-state index contributed by atoms with van der Waals surface area (Å²) in [5.41, 5.74) is 2.04. The van der Waals surface area contributed by atoms with Crippen molar-refractivity contribution in [1.82, 2.24) is 19.9 Å². The highest BCUT2D eigenvalue weighted by molar-refractivity contribution is 7.89. The summed E-state index contributed by atoms with van der Waals surface area (Å²) in [5, 5.41) is 7.63. The smallest absolute Gasteiger partial charge is 0.243 e. The number of hydrogen-bond donors (Lipinski definition) is 2. The molecule has 30 heavy (non-hydrogen) atoms. The summed E-state index contributed by atoms with van der Waals surface area (Å²) in [6.07, 6.45) is 2.02. The van der Waals surface area contributed by atoms with Gasteiger partial charge in [0.2, 0.25) is 10.0 Å². The molecular formula is C21H31N5O2S2. The number of hydrogen-bond acceptors (Lipinski definition) is 5. The van der Waals surface area contributed by atoms with Crippen LogP contribution in [0.4, 0.5) is 0 Å². The zero-order valence-electron chi connectivity index (χ0n) is 18.1. The Balaban J connectivity index is 1.56. The first-order valence-electron chi connectivity index (χ1n) is 10.3. The van der Waals surface area contributed by atoms with Gasteiger partial charge in [0.25, 0.3) is 0 Å². The van der Waals surface area contributed by atoms with Crippen molar-refractivity contribution in [2.75, 3.05) is 20.1 Å². The Morgan fingerprint density at radius 2 is 1.93 bits per heavy atom. The van der Waals surface area contributed by atoms with Crippen LogP contribution in [0.15, 0.2) is 34.2 Å². The zero-order valence-corrected chi connectivity index (χ0v) is 19.7. The van der Waals surface area contributed by atoms with Gasteiger partial charge < -0.3 is 10.6 Å². The third-order valence-corrected chi connectivity index (χ3v) is 8.23. The maximum absolute atomic E-state index is 12.9. The van der Waals surface area contributed by atoms with Crippen molar-refractivity contribution in [3.05, 3.63) is 45.4 Å². The van der Waals surface area contributed by atoms with E-state index >= 15 is 0 Å². The second-order valence-corrected chi connectivity index (χ2v) is 11.0. The Labute approximate surface area is 183 Å². The fourth-order valence-corrected chi connectivity index (χ4v) is 6.08. The molecule has 1 atom stereocenters. The summed E-state index contributed by atoms with van der Waals surface area (Å²) in [6, 6.07) is 7.12. The third kappa shape index (κ3) is 5.59. The SMILES string of the molecule is CN=C(NCc1ccc(S(=O)(=O)N2CCCC(C)C2)cc1)NCc1sc(C)nc1C. The molecule has 0 amide bonds. The molecule has 0 aliphatic carbocycles. The molecule has 7 nitrogen and oxygen atoms in total. The van der Waals surface area contributed by atoms with E-state index in [4.69, 9.17) is 0 Å². The zero-order chi connectivity index (χ0) is 21.7. The standard InChI is InChI=1S/C21H31N5O2S2/c1-15-6-5-11-26(14-15)30(27,28)19-9-7-18(8-10-19)12-23-21(22-4)24-13-20-16(2)25-17(3)29-20/h7-10,15H,5-6,11-14H2,1-4H3,(H2,22,23,24). The highest BCUT2D eigenvalue weighted by atomic mass is 32.2. The van der Waals surface area contributed by atoms with Crippen molar-refractivity contribution < 1.29 is 8.42 Å². The van der Waals surface area contributed by atoms with Gasteiger partial charge in [-0.25, -0.2) is 13.4 Å². The molecular weight excluding hydrogens is 418 g/mol. The number of aromatic nitrogens is 1. The molecule has 1 saturated heterocycles. The Morgan fingerprint density at radius 3 is 2.53 bits per heavy atom. The highest BCUT2D eigenvalue weighted by Gasteiger charge is 2.28. The molecule has 0 bridgehead atoms. The minimum atomic E-state index is -3.42. The van der Waals surface area contributed by atoms with Gasteiger partial charge in [0.15, 0.2) is 5.96 Å². The minimum absolute atomic E-state index is 0.360. The Hall–Kier alpha value is -1.97. The molecule has 1 fully saturated rings. The summed E-state index contributed by atoms with van der Waals surface area (Å²) < 4.78 is 27.4. The van der Waals surface area contributed by atoms with Crippen LogP contribution in [0.25, 0.3) is 0 Å². The monoisotopic (exact) mass is 449 g/mol. The molecule has 2 aromatic rings. The van der Waals surface area contributed by atoms with Crippen molar-refractivity contribution in [3.8, 4) is 0 Å². The number of aliphatic imine (C=N–C) groups is 1. The van der Waals surface area contributed by atoms with E-state index in [9.17, 15) is 8.42 Å². The van der Waals surface area contributed by atoms with E-state index in [2.05, 4.69) is 27.5 Å². The number of nitrogens with zero attached hydrogens (tertiary/aromatic N) is 3. The van der Waals surface area contributed by atoms with Crippen LogP contribution >= 0.6 is 11.3 Å². The molecule has 1 aromatic heterocycles. The summed E-state index contributed by atoms with van der Waals surface area (Å²) in [5.74, 6) is 1.10. The fourth-order valence-electron chi connectivity index (χ4n) is 3.60. The number of rotatable bonds is 6. The molecule has 9 heteroatoms. The number of nitrogens with one attached hydrogen (secondary N) is 2. The topological polar surface area (TPSA) is 86.7 Å². The van der Waals surface area contributed by atoms with Crippen molar-refractivity contribution in [2.24, 2.45) is 10.9 Å². The first-order valence-corrected chi connectivity index (χ1v) is 12.5. The van der Waals surface area contributed by atoms with E-state index in [1.807, 2.05) is 26.0 Å². The minimum Gasteiger partial charge on any atom is -0.352 e. The lowest BCUT2D eigenvalue weighted by Gasteiger charge is -2.30. The van der Waals surface area contributed by atoms with E-state index in [0.717, 1.165) is 29.1 Å². The maximum atomic E-state index is 12.9. The van der Waals surface area contributed by atoms with Gasteiger partial charge in [-0.05, 0) is 50.3 Å². The van der Waals surface area contributed by atoms with Crippen molar-refractivity contribution in [3.63, 3.8) is 0 Å². The molecule has 164 valence electrons. The predicted molar refractivity (Wildman–Crippen MR) is 122 cm³/mol. The van der Waals surface area contributed by atoms with Gasteiger partial charge in [-0.2, -0.15) is 4.31 Å². The Bertz CT molecular complexity index is 983. The van der Waals surface area contributed by atoms with Gasteiger partial charge in [0.05, 0.1) is 22.1 Å². The summed E-state index contributed by atoms with van der Waals surface area (Å²) >= 11 is 1.68. The average molecular weight is 450 g/mol. The fraction of sp³-hybridized carbons (Fsp3) is 0.524. The molecule has 1 aromatic carbocycles. The quantitative estimate of drug-likeness (QED) is 0.523. The number of aryl methyl sites for hydroxylation is 2. The molecule has 0 spiro atoms. The summed E-state index contributed by atoms with van der Waals surface area (Å²) in [7, 11) is -1.69. The third-order valence-electron chi connectivity index (χ3n) is 5.28. The summed E-state index contributed by atoms with van der Waals surface area (Å²) in [6.45, 7) is 8.56. The number of guanidine groups is 1.